The molecule has 0 bridgehead atoms. The van der Waals surface area contributed by atoms with Crippen molar-refractivity contribution in [2.45, 2.75) is 25.8 Å². The summed E-state index contributed by atoms with van der Waals surface area (Å²) in [6.07, 6.45) is 2.98. The van der Waals surface area contributed by atoms with Crippen LogP contribution in [-0.4, -0.2) is 36.9 Å². The van der Waals surface area contributed by atoms with E-state index in [2.05, 4.69) is 17.1 Å². The first-order valence-electron chi connectivity index (χ1n) is 6.46. The molecule has 2 rings (SSSR count). The zero-order valence-corrected chi connectivity index (χ0v) is 10.7. The molecule has 0 aliphatic carbocycles. The molecule has 3 nitrogen and oxygen atoms in total. The van der Waals surface area contributed by atoms with Gasteiger partial charge in [-0.15, -0.1) is 0 Å². The first kappa shape index (κ1) is 13.0. The minimum absolute atomic E-state index is 0.110. The standard InChI is InChI=1S/C14H19FN2O/c1-2-3-6-17-8-13(9-17)16-12-5-4-11(10-18)14(15)7-12/h4-5,7,10,13,16H,2-3,6,8-9H2,1H3. The molecule has 98 valence electrons. The van der Waals surface area contributed by atoms with Gasteiger partial charge in [0.25, 0.3) is 0 Å². The van der Waals surface area contributed by atoms with Crippen LogP contribution in [0.5, 0.6) is 0 Å². The molecule has 1 fully saturated rings. The fourth-order valence-corrected chi connectivity index (χ4v) is 2.17. The third-order valence-corrected chi connectivity index (χ3v) is 3.28. The summed E-state index contributed by atoms with van der Waals surface area (Å²) in [5.41, 5.74) is 0.858. The van der Waals surface area contributed by atoms with Crippen molar-refractivity contribution in [1.82, 2.24) is 4.90 Å². The van der Waals surface area contributed by atoms with Crippen molar-refractivity contribution in [2.75, 3.05) is 25.0 Å². The topological polar surface area (TPSA) is 32.3 Å². The van der Waals surface area contributed by atoms with Gasteiger partial charge in [0.1, 0.15) is 5.82 Å². The Hall–Kier alpha value is -1.42. The molecule has 1 aliphatic heterocycles. The third-order valence-electron chi connectivity index (χ3n) is 3.28. The Labute approximate surface area is 107 Å². The summed E-state index contributed by atoms with van der Waals surface area (Å²) in [7, 11) is 0. The summed E-state index contributed by atoms with van der Waals surface area (Å²) in [4.78, 5) is 12.9. The van der Waals surface area contributed by atoms with E-state index in [1.807, 2.05) is 0 Å². The highest BCUT2D eigenvalue weighted by atomic mass is 19.1. The Morgan fingerprint density at radius 3 is 2.89 bits per heavy atom. The molecule has 1 saturated heterocycles. The Kier molecular flexibility index (Phi) is 4.31. The Balaban J connectivity index is 1.81. The number of nitrogens with zero attached hydrogens (tertiary/aromatic N) is 1. The quantitative estimate of drug-likeness (QED) is 0.787. The van der Waals surface area contributed by atoms with Crippen LogP contribution < -0.4 is 5.32 Å². The van der Waals surface area contributed by atoms with Gasteiger partial charge in [-0.2, -0.15) is 0 Å². The van der Waals surface area contributed by atoms with Crippen LogP contribution in [-0.2, 0) is 0 Å². The average molecular weight is 250 g/mol. The summed E-state index contributed by atoms with van der Waals surface area (Å²) in [6, 6.07) is 5.04. The number of nitrogens with one attached hydrogen (secondary N) is 1. The molecular weight excluding hydrogens is 231 g/mol. The van der Waals surface area contributed by atoms with Crippen molar-refractivity contribution in [3.05, 3.63) is 29.6 Å². The maximum atomic E-state index is 13.4. The van der Waals surface area contributed by atoms with Crippen molar-refractivity contribution in [1.29, 1.82) is 0 Å². The second kappa shape index (κ2) is 5.96. The number of carbonyl (C=O) groups is 1. The van der Waals surface area contributed by atoms with Gasteiger partial charge in [-0.25, -0.2) is 4.39 Å². The lowest BCUT2D eigenvalue weighted by atomic mass is 10.1. The number of rotatable bonds is 6. The van der Waals surface area contributed by atoms with E-state index in [-0.39, 0.29) is 5.56 Å². The lowest BCUT2D eigenvalue weighted by Crippen LogP contribution is -2.54. The fraction of sp³-hybridized carbons (Fsp3) is 0.500. The predicted octanol–water partition coefficient (Wildman–Crippen LogP) is 2.53. The van der Waals surface area contributed by atoms with Crippen molar-refractivity contribution in [2.24, 2.45) is 0 Å². The Morgan fingerprint density at radius 2 is 2.28 bits per heavy atom. The summed E-state index contributed by atoms with van der Waals surface area (Å²) in [5, 5.41) is 3.28. The van der Waals surface area contributed by atoms with Gasteiger partial charge in [0.15, 0.2) is 6.29 Å². The van der Waals surface area contributed by atoms with E-state index in [0.29, 0.717) is 12.3 Å². The fourth-order valence-electron chi connectivity index (χ4n) is 2.17. The molecule has 0 spiro atoms. The largest absolute Gasteiger partial charge is 0.380 e. The number of unbranched alkanes of at least 4 members (excludes halogenated alkanes) is 1. The van der Waals surface area contributed by atoms with Crippen LogP contribution in [0.15, 0.2) is 18.2 Å². The van der Waals surface area contributed by atoms with E-state index in [1.54, 1.807) is 6.07 Å². The van der Waals surface area contributed by atoms with Crippen LogP contribution in [0.3, 0.4) is 0 Å². The van der Waals surface area contributed by atoms with E-state index >= 15 is 0 Å². The highest BCUT2D eigenvalue weighted by molar-refractivity contribution is 5.76. The Bertz CT molecular complexity index is 416. The number of hydrogen-bond donors (Lipinski definition) is 1. The van der Waals surface area contributed by atoms with Crippen LogP contribution >= 0.6 is 0 Å². The van der Waals surface area contributed by atoms with Gasteiger partial charge in [0, 0.05) is 18.8 Å². The van der Waals surface area contributed by atoms with E-state index in [0.717, 1.165) is 25.3 Å². The first-order valence-corrected chi connectivity index (χ1v) is 6.46. The number of halogens is 1. The van der Waals surface area contributed by atoms with Gasteiger partial charge in [-0.1, -0.05) is 13.3 Å². The number of likely N-dealkylation sites (tertiary alicyclic amines) is 1. The number of anilines is 1. The molecule has 0 aromatic heterocycles. The van der Waals surface area contributed by atoms with Crippen LogP contribution in [0.2, 0.25) is 0 Å². The molecule has 18 heavy (non-hydrogen) atoms. The molecule has 1 aromatic carbocycles. The number of carbonyl (C=O) groups excluding carboxylic acids is 1. The molecule has 1 aliphatic rings. The molecule has 1 N–H and O–H groups in total. The SMILES string of the molecule is CCCCN1CC(Nc2ccc(C=O)c(F)c2)C1. The van der Waals surface area contributed by atoms with Crippen LogP contribution in [0, 0.1) is 5.82 Å². The number of hydrogen-bond acceptors (Lipinski definition) is 3. The molecule has 4 heteroatoms. The highest BCUT2D eigenvalue weighted by Gasteiger charge is 2.25. The van der Waals surface area contributed by atoms with Gasteiger partial charge >= 0.3 is 0 Å². The molecule has 1 heterocycles. The maximum absolute atomic E-state index is 13.4. The summed E-state index contributed by atoms with van der Waals surface area (Å²) in [6.45, 7) is 5.36. The molecule has 0 amide bonds. The van der Waals surface area contributed by atoms with Gasteiger partial charge in [0.05, 0.1) is 11.6 Å². The van der Waals surface area contributed by atoms with Gasteiger partial charge in [-0.3, -0.25) is 9.69 Å². The van der Waals surface area contributed by atoms with E-state index in [4.69, 9.17) is 0 Å². The third kappa shape index (κ3) is 3.07. The maximum Gasteiger partial charge on any atom is 0.152 e. The van der Waals surface area contributed by atoms with Crippen molar-refractivity contribution in [3.8, 4) is 0 Å². The average Bonchev–Trinajstić information content (AvgIpc) is 2.32. The zero-order valence-electron chi connectivity index (χ0n) is 10.7. The van der Waals surface area contributed by atoms with Crippen LogP contribution in [0.25, 0.3) is 0 Å². The number of aldehydes is 1. The molecule has 0 radical (unpaired) electrons. The van der Waals surface area contributed by atoms with Crippen molar-refractivity contribution < 1.29 is 9.18 Å². The van der Waals surface area contributed by atoms with Gasteiger partial charge in [0.2, 0.25) is 0 Å². The highest BCUT2D eigenvalue weighted by Crippen LogP contribution is 2.18. The first-order chi connectivity index (χ1) is 8.72. The monoisotopic (exact) mass is 250 g/mol. The van der Waals surface area contributed by atoms with Gasteiger partial charge in [-0.05, 0) is 31.2 Å². The lowest BCUT2D eigenvalue weighted by Gasteiger charge is -2.40. The zero-order chi connectivity index (χ0) is 13.0. The number of benzene rings is 1. The van der Waals surface area contributed by atoms with Crippen LogP contribution in [0.4, 0.5) is 10.1 Å². The molecular formula is C14H19FN2O. The van der Waals surface area contributed by atoms with Crippen molar-refractivity contribution >= 4 is 12.0 Å². The minimum atomic E-state index is -0.461. The van der Waals surface area contributed by atoms with E-state index in [1.165, 1.54) is 25.0 Å². The summed E-state index contributed by atoms with van der Waals surface area (Å²) in [5.74, 6) is -0.461. The second-order valence-corrected chi connectivity index (χ2v) is 4.81. The smallest absolute Gasteiger partial charge is 0.152 e. The predicted molar refractivity (Wildman–Crippen MR) is 70.5 cm³/mol. The van der Waals surface area contributed by atoms with E-state index < -0.39 is 5.82 Å². The van der Waals surface area contributed by atoms with E-state index in [9.17, 15) is 9.18 Å². The molecule has 0 saturated carbocycles. The summed E-state index contributed by atoms with van der Waals surface area (Å²) >= 11 is 0. The normalized spacial score (nSPS) is 16.3. The molecule has 0 atom stereocenters. The van der Waals surface area contributed by atoms with Gasteiger partial charge < -0.3 is 5.32 Å². The minimum Gasteiger partial charge on any atom is -0.380 e. The second-order valence-electron chi connectivity index (χ2n) is 4.81. The van der Waals surface area contributed by atoms with Crippen LogP contribution in [0.1, 0.15) is 30.1 Å². The summed E-state index contributed by atoms with van der Waals surface area (Å²) < 4.78 is 13.4. The lowest BCUT2D eigenvalue weighted by molar-refractivity contribution is 0.112. The van der Waals surface area contributed by atoms with Crippen molar-refractivity contribution in [3.63, 3.8) is 0 Å². The molecule has 1 aromatic rings. The molecule has 0 unspecified atom stereocenters. The Morgan fingerprint density at radius 1 is 1.50 bits per heavy atom.